The number of hydrogen-bond acceptors (Lipinski definition) is 6. The molecule has 1 amide bonds. The lowest BCUT2D eigenvalue weighted by atomic mass is 10.1. The molecule has 1 heterocycles. The molecule has 1 aliphatic heterocycles. The van der Waals surface area contributed by atoms with Crippen LogP contribution < -0.4 is 10.0 Å². The zero-order valence-electron chi connectivity index (χ0n) is 15.4. The van der Waals surface area contributed by atoms with Crippen LogP contribution in [-0.4, -0.2) is 64.4 Å². The highest BCUT2D eigenvalue weighted by Crippen LogP contribution is 2.12. The van der Waals surface area contributed by atoms with Crippen molar-refractivity contribution in [1.29, 1.82) is 0 Å². The first kappa shape index (κ1) is 21.3. The molecule has 0 bridgehead atoms. The van der Waals surface area contributed by atoms with Crippen LogP contribution in [-0.2, 0) is 19.6 Å². The molecule has 1 atom stereocenters. The van der Waals surface area contributed by atoms with E-state index in [1.54, 1.807) is 20.1 Å². The Morgan fingerprint density at radius 3 is 2.52 bits per heavy atom. The normalized spacial score (nSPS) is 16.7. The van der Waals surface area contributed by atoms with Gasteiger partial charge < -0.3 is 10.1 Å². The molecular weight excluding hydrogens is 375 g/mol. The van der Waals surface area contributed by atoms with Gasteiger partial charge in [0.15, 0.2) is 0 Å². The maximum Gasteiger partial charge on any atom is 0.241 e. The summed E-state index contributed by atoms with van der Waals surface area (Å²) in [6.07, 6.45) is 1.56. The zero-order valence-corrected chi connectivity index (χ0v) is 16.2. The average Bonchev–Trinajstić information content (AvgIpc) is 2.64. The van der Waals surface area contributed by atoms with Crippen molar-refractivity contribution >= 4 is 22.1 Å². The van der Waals surface area contributed by atoms with Crippen LogP contribution in [0.4, 0.5) is 4.39 Å². The summed E-state index contributed by atoms with van der Waals surface area (Å²) >= 11 is 0. The fourth-order valence-electron chi connectivity index (χ4n) is 2.42. The van der Waals surface area contributed by atoms with E-state index in [0.29, 0.717) is 26.3 Å². The number of hydrogen-bond donors (Lipinski definition) is 2. The molecule has 0 aliphatic carbocycles. The zero-order chi connectivity index (χ0) is 19.9. The summed E-state index contributed by atoms with van der Waals surface area (Å²) in [6.45, 7) is 6.26. The largest absolute Gasteiger partial charge is 0.378 e. The summed E-state index contributed by atoms with van der Waals surface area (Å²) in [7, 11) is -3.95. The topological polar surface area (TPSA) is 100 Å². The number of halogens is 1. The first-order valence-corrected chi connectivity index (χ1v) is 10.2. The fourth-order valence-corrected chi connectivity index (χ4v) is 3.77. The number of sulfonamides is 1. The number of ether oxygens (including phenoxy) is 1. The van der Waals surface area contributed by atoms with E-state index >= 15 is 0 Å². The maximum atomic E-state index is 13.0. The van der Waals surface area contributed by atoms with Gasteiger partial charge in [-0.15, -0.1) is 0 Å². The van der Waals surface area contributed by atoms with E-state index in [0.717, 1.165) is 24.3 Å². The third-order valence-electron chi connectivity index (χ3n) is 3.96. The third-order valence-corrected chi connectivity index (χ3v) is 5.41. The standard InChI is InChI=1S/C17H25FN4O4S/c1-13(2)16(21-27(24,25)15-5-3-14(18)4-6-15)17(23)19-7-8-20-22-9-11-26-12-10-22/h3-6,8,13,16,21H,7,9-12H2,1-2H3,(H,19,23)/b20-8+. The molecule has 8 nitrogen and oxygen atoms in total. The second-order valence-electron chi connectivity index (χ2n) is 6.41. The highest BCUT2D eigenvalue weighted by atomic mass is 32.2. The van der Waals surface area contributed by atoms with Gasteiger partial charge in [-0.25, -0.2) is 12.8 Å². The molecule has 1 unspecified atom stereocenters. The summed E-state index contributed by atoms with van der Waals surface area (Å²) in [5.74, 6) is -1.27. The van der Waals surface area contributed by atoms with Crippen molar-refractivity contribution in [2.45, 2.75) is 24.8 Å². The summed E-state index contributed by atoms with van der Waals surface area (Å²) in [5.41, 5.74) is 0. The molecule has 0 aromatic heterocycles. The van der Waals surface area contributed by atoms with Crippen molar-refractivity contribution in [3.8, 4) is 0 Å². The van der Waals surface area contributed by atoms with Gasteiger partial charge in [0, 0.05) is 6.21 Å². The average molecular weight is 400 g/mol. The number of carbonyl (C=O) groups excluding carboxylic acids is 1. The first-order valence-electron chi connectivity index (χ1n) is 8.70. The Labute approximate surface area is 158 Å². The molecule has 0 radical (unpaired) electrons. The molecule has 2 rings (SSSR count). The van der Waals surface area contributed by atoms with Crippen LogP contribution >= 0.6 is 0 Å². The van der Waals surface area contributed by atoms with Gasteiger partial charge in [-0.05, 0) is 30.2 Å². The van der Waals surface area contributed by atoms with Crippen LogP contribution in [0.25, 0.3) is 0 Å². The van der Waals surface area contributed by atoms with Gasteiger partial charge in [0.1, 0.15) is 11.9 Å². The molecule has 1 aromatic rings. The number of nitrogens with one attached hydrogen (secondary N) is 2. The minimum Gasteiger partial charge on any atom is -0.378 e. The Balaban J connectivity index is 1.94. The molecule has 27 heavy (non-hydrogen) atoms. The summed E-state index contributed by atoms with van der Waals surface area (Å²) in [5, 5.41) is 8.72. The number of morpholine rings is 1. The molecule has 1 fully saturated rings. The van der Waals surface area contributed by atoms with Crippen molar-refractivity contribution in [1.82, 2.24) is 15.0 Å². The lowest BCUT2D eigenvalue weighted by Crippen LogP contribution is -2.50. The minimum atomic E-state index is -3.95. The number of benzene rings is 1. The first-order chi connectivity index (χ1) is 12.8. The Kier molecular flexibility index (Phi) is 7.69. The molecule has 10 heteroatoms. The van der Waals surface area contributed by atoms with Crippen molar-refractivity contribution in [2.75, 3.05) is 32.8 Å². The van der Waals surface area contributed by atoms with Gasteiger partial charge in [-0.2, -0.15) is 9.82 Å². The van der Waals surface area contributed by atoms with E-state index in [4.69, 9.17) is 4.74 Å². The maximum absolute atomic E-state index is 13.0. The van der Waals surface area contributed by atoms with Crippen molar-refractivity contribution in [3.63, 3.8) is 0 Å². The van der Waals surface area contributed by atoms with Gasteiger partial charge in [-0.3, -0.25) is 9.80 Å². The summed E-state index contributed by atoms with van der Waals surface area (Å²) < 4.78 is 45.5. The monoisotopic (exact) mass is 400 g/mol. The third kappa shape index (κ3) is 6.56. The van der Waals surface area contributed by atoms with Crippen LogP contribution in [0.15, 0.2) is 34.3 Å². The van der Waals surface area contributed by atoms with Crippen LogP contribution in [0.3, 0.4) is 0 Å². The molecule has 0 saturated carbocycles. The Bertz CT molecular complexity index is 747. The van der Waals surface area contributed by atoms with Gasteiger partial charge in [0.2, 0.25) is 15.9 Å². The van der Waals surface area contributed by atoms with Gasteiger partial charge >= 0.3 is 0 Å². The molecular formula is C17H25FN4O4S. The lowest BCUT2D eigenvalue weighted by molar-refractivity contribution is -0.123. The number of carbonyl (C=O) groups is 1. The highest BCUT2D eigenvalue weighted by Gasteiger charge is 2.28. The van der Waals surface area contributed by atoms with Crippen LogP contribution in [0.2, 0.25) is 0 Å². The Morgan fingerprint density at radius 2 is 1.93 bits per heavy atom. The van der Waals surface area contributed by atoms with E-state index in [-0.39, 0.29) is 17.4 Å². The highest BCUT2D eigenvalue weighted by molar-refractivity contribution is 7.89. The number of rotatable bonds is 8. The van der Waals surface area contributed by atoms with E-state index in [2.05, 4.69) is 15.1 Å². The van der Waals surface area contributed by atoms with Crippen molar-refractivity contribution in [3.05, 3.63) is 30.1 Å². The molecule has 150 valence electrons. The van der Waals surface area contributed by atoms with E-state index in [9.17, 15) is 17.6 Å². The van der Waals surface area contributed by atoms with Crippen LogP contribution in [0.5, 0.6) is 0 Å². The molecule has 2 N–H and O–H groups in total. The van der Waals surface area contributed by atoms with E-state index < -0.39 is 27.8 Å². The molecule has 0 spiro atoms. The van der Waals surface area contributed by atoms with Gasteiger partial charge in [0.25, 0.3) is 0 Å². The quantitative estimate of drug-likeness (QED) is 0.621. The molecule has 1 aromatic carbocycles. The van der Waals surface area contributed by atoms with E-state index in [1.165, 1.54) is 0 Å². The minimum absolute atomic E-state index is 0.101. The number of nitrogens with zero attached hydrogens (tertiary/aromatic N) is 2. The van der Waals surface area contributed by atoms with E-state index in [1.807, 2.05) is 5.01 Å². The fraction of sp³-hybridized carbons (Fsp3) is 0.529. The number of amides is 1. The Hall–Kier alpha value is -2.04. The summed E-state index contributed by atoms with van der Waals surface area (Å²) in [4.78, 5) is 12.3. The molecule has 1 saturated heterocycles. The second kappa shape index (κ2) is 9.77. The lowest BCUT2D eigenvalue weighted by Gasteiger charge is -2.24. The van der Waals surface area contributed by atoms with Crippen LogP contribution in [0, 0.1) is 11.7 Å². The predicted octanol–water partition coefficient (Wildman–Crippen LogP) is 0.563. The summed E-state index contributed by atoms with van der Waals surface area (Å²) in [6, 6.07) is 3.46. The SMILES string of the molecule is CC(C)C(NS(=O)(=O)c1ccc(F)cc1)C(=O)NC/C=N/N1CCOCC1. The van der Waals surface area contributed by atoms with Gasteiger partial charge in [0.05, 0.1) is 37.7 Å². The smallest absolute Gasteiger partial charge is 0.241 e. The van der Waals surface area contributed by atoms with Gasteiger partial charge in [-0.1, -0.05) is 13.8 Å². The van der Waals surface area contributed by atoms with Crippen molar-refractivity contribution < 1.29 is 22.3 Å². The van der Waals surface area contributed by atoms with Crippen molar-refractivity contribution in [2.24, 2.45) is 11.0 Å². The molecule has 1 aliphatic rings. The van der Waals surface area contributed by atoms with Crippen LogP contribution in [0.1, 0.15) is 13.8 Å². The number of hydrazone groups is 1. The Morgan fingerprint density at radius 1 is 1.30 bits per heavy atom. The predicted molar refractivity (Wildman–Crippen MR) is 99.2 cm³/mol. The second-order valence-corrected chi connectivity index (χ2v) is 8.12.